The Morgan fingerprint density at radius 2 is 2.31 bits per heavy atom. The highest BCUT2D eigenvalue weighted by molar-refractivity contribution is 5.95. The predicted octanol–water partition coefficient (Wildman–Crippen LogP) is 1.08. The molecule has 0 aliphatic carbocycles. The van der Waals surface area contributed by atoms with E-state index in [0.29, 0.717) is 5.69 Å². The molecule has 86 valence electrons. The molecule has 0 amide bonds. The van der Waals surface area contributed by atoms with Crippen LogP contribution in [-0.2, 0) is 4.74 Å². The summed E-state index contributed by atoms with van der Waals surface area (Å²) in [4.78, 5) is 11.4. The van der Waals surface area contributed by atoms with Crippen molar-refractivity contribution >= 4 is 11.7 Å². The fourth-order valence-corrected chi connectivity index (χ4v) is 1.53. The van der Waals surface area contributed by atoms with Gasteiger partial charge in [-0.05, 0) is 12.1 Å². The molecule has 0 radical (unpaired) electrons. The molecule has 1 heterocycles. The lowest BCUT2D eigenvalue weighted by atomic mass is 10.1. The monoisotopic (exact) mass is 227 g/mol. The van der Waals surface area contributed by atoms with Crippen molar-refractivity contribution in [2.75, 3.05) is 12.4 Å². The summed E-state index contributed by atoms with van der Waals surface area (Å²) in [6.45, 7) is 1.34. The Kier molecular flexibility index (Phi) is 2.23. The quantitative estimate of drug-likeness (QED) is 0.703. The molecule has 1 aromatic carbocycles. The zero-order valence-electron chi connectivity index (χ0n) is 8.70. The van der Waals surface area contributed by atoms with Crippen molar-refractivity contribution in [2.45, 2.75) is 12.8 Å². The van der Waals surface area contributed by atoms with Gasteiger partial charge < -0.3 is 19.9 Å². The molecule has 2 rings (SSSR count). The highest BCUT2D eigenvalue weighted by atomic mass is 19.1. The third-order valence-corrected chi connectivity index (χ3v) is 2.16. The molecule has 1 aliphatic heterocycles. The van der Waals surface area contributed by atoms with Gasteiger partial charge in [0.2, 0.25) is 0 Å². The minimum atomic E-state index is -1.65. The van der Waals surface area contributed by atoms with Crippen LogP contribution >= 0.6 is 0 Å². The number of nitrogens with one attached hydrogen (secondary N) is 1. The summed E-state index contributed by atoms with van der Waals surface area (Å²) in [5.41, 5.74) is 0.0112. The maximum atomic E-state index is 13.4. The van der Waals surface area contributed by atoms with Crippen LogP contribution in [0.2, 0.25) is 0 Å². The van der Waals surface area contributed by atoms with Crippen LogP contribution in [-0.4, -0.2) is 24.1 Å². The number of halogens is 1. The van der Waals surface area contributed by atoms with E-state index in [1.165, 1.54) is 13.0 Å². The lowest BCUT2D eigenvalue weighted by Gasteiger charge is -2.16. The van der Waals surface area contributed by atoms with Gasteiger partial charge in [0.15, 0.2) is 5.75 Å². The maximum Gasteiger partial charge on any atom is 0.344 e. The Balaban J connectivity index is 2.55. The minimum Gasteiger partial charge on any atom is -0.465 e. The van der Waals surface area contributed by atoms with E-state index in [1.54, 1.807) is 0 Å². The number of rotatable bonds is 1. The Morgan fingerprint density at radius 3 is 2.94 bits per heavy atom. The lowest BCUT2D eigenvalue weighted by molar-refractivity contribution is -0.0837. The van der Waals surface area contributed by atoms with Crippen LogP contribution in [0.4, 0.5) is 10.1 Å². The van der Waals surface area contributed by atoms with Crippen molar-refractivity contribution in [3.8, 4) is 5.75 Å². The first-order chi connectivity index (χ1) is 7.44. The molecule has 0 spiro atoms. The second-order valence-corrected chi connectivity index (χ2v) is 3.50. The summed E-state index contributed by atoms with van der Waals surface area (Å²) in [6.07, 6.45) is 0. The molecule has 0 saturated heterocycles. The van der Waals surface area contributed by atoms with Gasteiger partial charge >= 0.3 is 5.97 Å². The molecule has 5 nitrogen and oxygen atoms in total. The van der Waals surface area contributed by atoms with Gasteiger partial charge in [0.1, 0.15) is 11.4 Å². The third-order valence-electron chi connectivity index (χ3n) is 2.16. The largest absolute Gasteiger partial charge is 0.465 e. The van der Waals surface area contributed by atoms with Crippen molar-refractivity contribution < 1.29 is 23.8 Å². The first kappa shape index (κ1) is 10.7. The average Bonchev–Trinajstić information content (AvgIpc) is 2.51. The molecule has 2 N–H and O–H groups in total. The van der Waals surface area contributed by atoms with E-state index < -0.39 is 17.7 Å². The molecule has 0 saturated carbocycles. The Hall–Kier alpha value is -1.82. The summed E-state index contributed by atoms with van der Waals surface area (Å²) in [7, 11) is 1.14. The van der Waals surface area contributed by atoms with Crippen LogP contribution in [0, 0.1) is 5.82 Å². The third kappa shape index (κ3) is 1.57. The number of benzene rings is 1. The van der Waals surface area contributed by atoms with Crippen LogP contribution in [0.15, 0.2) is 12.1 Å². The number of methoxy groups -OCH3 is 1. The summed E-state index contributed by atoms with van der Waals surface area (Å²) in [5.74, 6) is -3.31. The van der Waals surface area contributed by atoms with Gasteiger partial charge in [-0.25, -0.2) is 9.18 Å². The summed E-state index contributed by atoms with van der Waals surface area (Å²) >= 11 is 0. The fraction of sp³-hybridized carbons (Fsp3) is 0.300. The van der Waals surface area contributed by atoms with Gasteiger partial charge in [0.25, 0.3) is 5.91 Å². The van der Waals surface area contributed by atoms with Crippen molar-refractivity contribution in [1.29, 1.82) is 0 Å². The zero-order chi connectivity index (χ0) is 11.9. The van der Waals surface area contributed by atoms with Crippen LogP contribution in [0.3, 0.4) is 0 Å². The van der Waals surface area contributed by atoms with Gasteiger partial charge in [0.05, 0.1) is 12.8 Å². The van der Waals surface area contributed by atoms with E-state index in [-0.39, 0.29) is 11.3 Å². The van der Waals surface area contributed by atoms with Gasteiger partial charge in [0, 0.05) is 6.92 Å². The summed E-state index contributed by atoms with van der Waals surface area (Å²) < 4.78 is 22.9. The molecule has 0 aromatic heterocycles. The molecular formula is C10H10FNO4. The minimum absolute atomic E-state index is 0.0446. The lowest BCUT2D eigenvalue weighted by Crippen LogP contribution is -2.35. The Bertz CT molecular complexity index is 458. The number of aliphatic hydroxyl groups is 1. The predicted molar refractivity (Wildman–Crippen MR) is 52.6 cm³/mol. The van der Waals surface area contributed by atoms with E-state index >= 15 is 0 Å². The average molecular weight is 227 g/mol. The van der Waals surface area contributed by atoms with Crippen LogP contribution in [0.1, 0.15) is 17.3 Å². The number of carbonyl (C=O) groups is 1. The van der Waals surface area contributed by atoms with E-state index in [1.807, 2.05) is 0 Å². The molecule has 1 unspecified atom stereocenters. The smallest absolute Gasteiger partial charge is 0.344 e. The standard InChI is InChI=1S/C10H10FNO4/c1-10(14)12-6-4-3-5(11)7(8(6)16-10)9(13)15-2/h3-4,12,14H,1-2H3. The number of carbonyl (C=O) groups excluding carboxylic acids is 1. The number of anilines is 1. The summed E-state index contributed by atoms with van der Waals surface area (Å²) in [6, 6.07) is 2.47. The van der Waals surface area contributed by atoms with Gasteiger partial charge in [-0.2, -0.15) is 0 Å². The molecule has 16 heavy (non-hydrogen) atoms. The van der Waals surface area contributed by atoms with Crippen molar-refractivity contribution in [3.05, 3.63) is 23.5 Å². The van der Waals surface area contributed by atoms with Crippen molar-refractivity contribution in [1.82, 2.24) is 0 Å². The molecule has 6 heteroatoms. The molecule has 1 atom stereocenters. The second-order valence-electron chi connectivity index (χ2n) is 3.50. The normalized spacial score (nSPS) is 22.0. The van der Waals surface area contributed by atoms with Crippen molar-refractivity contribution in [3.63, 3.8) is 0 Å². The van der Waals surface area contributed by atoms with Gasteiger partial charge in [-0.3, -0.25) is 0 Å². The molecule has 1 aromatic rings. The van der Waals surface area contributed by atoms with E-state index in [9.17, 15) is 14.3 Å². The molecule has 0 bridgehead atoms. The number of fused-ring (bicyclic) bond motifs is 1. The first-order valence-electron chi connectivity index (χ1n) is 4.55. The fourth-order valence-electron chi connectivity index (χ4n) is 1.53. The Morgan fingerprint density at radius 1 is 1.62 bits per heavy atom. The first-order valence-corrected chi connectivity index (χ1v) is 4.55. The second kappa shape index (κ2) is 3.34. The maximum absolute atomic E-state index is 13.4. The molecule has 0 fully saturated rings. The molecule has 1 aliphatic rings. The van der Waals surface area contributed by atoms with Crippen LogP contribution < -0.4 is 10.1 Å². The number of hydrogen-bond acceptors (Lipinski definition) is 5. The number of esters is 1. The highest BCUT2D eigenvalue weighted by Gasteiger charge is 2.36. The summed E-state index contributed by atoms with van der Waals surface area (Å²) in [5, 5.41) is 12.2. The number of ether oxygens (including phenoxy) is 2. The zero-order valence-corrected chi connectivity index (χ0v) is 8.70. The van der Waals surface area contributed by atoms with E-state index in [2.05, 4.69) is 10.1 Å². The van der Waals surface area contributed by atoms with E-state index in [0.717, 1.165) is 13.2 Å². The topological polar surface area (TPSA) is 67.8 Å². The Labute approximate surface area is 90.8 Å². The molecular weight excluding hydrogens is 217 g/mol. The number of hydrogen-bond donors (Lipinski definition) is 2. The van der Waals surface area contributed by atoms with Gasteiger partial charge in [-0.15, -0.1) is 0 Å². The van der Waals surface area contributed by atoms with Crippen LogP contribution in [0.5, 0.6) is 5.75 Å². The van der Waals surface area contributed by atoms with Gasteiger partial charge in [-0.1, -0.05) is 0 Å². The van der Waals surface area contributed by atoms with Crippen LogP contribution in [0.25, 0.3) is 0 Å². The van der Waals surface area contributed by atoms with E-state index in [4.69, 9.17) is 4.74 Å². The SMILES string of the molecule is COC(=O)c1c(F)ccc2c1OC(C)(O)N2. The highest BCUT2D eigenvalue weighted by Crippen LogP contribution is 2.39. The van der Waals surface area contributed by atoms with Crippen molar-refractivity contribution in [2.24, 2.45) is 0 Å².